The Balaban J connectivity index is 2.11. The fourth-order valence-electron chi connectivity index (χ4n) is 4.11. The van der Waals surface area contributed by atoms with Crippen LogP contribution in [-0.4, -0.2) is 51.4 Å². The van der Waals surface area contributed by atoms with Crippen molar-refractivity contribution < 1.29 is 22.7 Å². The van der Waals surface area contributed by atoms with E-state index in [1.807, 2.05) is 0 Å². The quantitative estimate of drug-likeness (QED) is 0.314. The molecule has 0 unspecified atom stereocenters. The SMILES string of the molecule is CCNC(=O)[C@H](CC)N(Cc1ccc(Cl)cc1Cl)C(=O)CN(c1ccccc1OC)S(=O)(=O)c1ccccc1. The van der Waals surface area contributed by atoms with Crippen LogP contribution in [0.25, 0.3) is 0 Å². The largest absolute Gasteiger partial charge is 0.495 e. The van der Waals surface area contributed by atoms with E-state index in [1.165, 1.54) is 24.1 Å². The number of anilines is 1. The molecule has 0 bridgehead atoms. The van der Waals surface area contributed by atoms with Crippen molar-refractivity contribution in [1.29, 1.82) is 0 Å². The molecule has 0 saturated heterocycles. The van der Waals surface area contributed by atoms with Crippen LogP contribution in [0.1, 0.15) is 25.8 Å². The van der Waals surface area contributed by atoms with Gasteiger partial charge in [-0.3, -0.25) is 13.9 Å². The summed E-state index contributed by atoms with van der Waals surface area (Å²) in [4.78, 5) is 28.4. The molecule has 11 heteroatoms. The molecule has 3 aromatic carbocycles. The van der Waals surface area contributed by atoms with Gasteiger partial charge in [0.05, 0.1) is 17.7 Å². The number of ether oxygens (including phenoxy) is 1. The third-order valence-electron chi connectivity index (χ3n) is 6.06. The summed E-state index contributed by atoms with van der Waals surface area (Å²) in [7, 11) is -2.78. The summed E-state index contributed by atoms with van der Waals surface area (Å²) in [6.07, 6.45) is 0.295. The number of benzene rings is 3. The summed E-state index contributed by atoms with van der Waals surface area (Å²) in [5.41, 5.74) is 0.750. The summed E-state index contributed by atoms with van der Waals surface area (Å²) < 4.78 is 34.2. The molecule has 0 heterocycles. The fourth-order valence-corrected chi connectivity index (χ4v) is 6.03. The second-order valence-corrected chi connectivity index (χ2v) is 11.3. The molecule has 2 amide bonds. The molecular formula is C28H31Cl2N3O5S. The number of para-hydroxylation sites is 2. The van der Waals surface area contributed by atoms with Gasteiger partial charge in [-0.2, -0.15) is 0 Å². The second-order valence-electron chi connectivity index (χ2n) is 8.57. The van der Waals surface area contributed by atoms with E-state index in [9.17, 15) is 18.0 Å². The van der Waals surface area contributed by atoms with E-state index in [1.54, 1.807) is 74.5 Å². The molecule has 3 rings (SSSR count). The zero-order valence-electron chi connectivity index (χ0n) is 21.9. The smallest absolute Gasteiger partial charge is 0.264 e. The van der Waals surface area contributed by atoms with Crippen LogP contribution >= 0.6 is 23.2 Å². The van der Waals surface area contributed by atoms with Crippen LogP contribution in [0.4, 0.5) is 5.69 Å². The molecule has 0 aliphatic carbocycles. The van der Waals surface area contributed by atoms with Gasteiger partial charge in [-0.15, -0.1) is 0 Å². The third kappa shape index (κ3) is 7.23. The predicted octanol–water partition coefficient (Wildman–Crippen LogP) is 5.14. The zero-order chi connectivity index (χ0) is 28.6. The number of nitrogens with one attached hydrogen (secondary N) is 1. The van der Waals surface area contributed by atoms with Crippen molar-refractivity contribution in [2.75, 3.05) is 24.5 Å². The molecule has 0 saturated carbocycles. The lowest BCUT2D eigenvalue weighted by Crippen LogP contribution is -2.52. The van der Waals surface area contributed by atoms with Crippen LogP contribution in [0.2, 0.25) is 10.0 Å². The molecule has 0 spiro atoms. The summed E-state index contributed by atoms with van der Waals surface area (Å²) in [6, 6.07) is 18.3. The molecule has 0 fully saturated rings. The lowest BCUT2D eigenvalue weighted by atomic mass is 10.1. The number of hydrogen-bond acceptors (Lipinski definition) is 5. The maximum Gasteiger partial charge on any atom is 0.264 e. The first-order valence-corrected chi connectivity index (χ1v) is 14.6. The van der Waals surface area contributed by atoms with Gasteiger partial charge < -0.3 is 15.0 Å². The average Bonchev–Trinajstić information content (AvgIpc) is 2.93. The Labute approximate surface area is 239 Å². The number of amides is 2. The number of halogens is 2. The molecule has 0 aliphatic heterocycles. The van der Waals surface area contributed by atoms with E-state index >= 15 is 0 Å². The Morgan fingerprint density at radius 2 is 1.64 bits per heavy atom. The number of likely N-dealkylation sites (N-methyl/N-ethyl adjacent to an activating group) is 1. The van der Waals surface area contributed by atoms with Crippen molar-refractivity contribution in [1.82, 2.24) is 10.2 Å². The van der Waals surface area contributed by atoms with Crippen molar-refractivity contribution in [2.24, 2.45) is 0 Å². The Morgan fingerprint density at radius 3 is 2.26 bits per heavy atom. The number of carbonyl (C=O) groups is 2. The molecule has 0 aromatic heterocycles. The average molecular weight is 593 g/mol. The minimum absolute atomic E-state index is 0.00627. The maximum absolute atomic E-state index is 14.0. The van der Waals surface area contributed by atoms with Gasteiger partial charge in [-0.25, -0.2) is 8.42 Å². The summed E-state index contributed by atoms with van der Waals surface area (Å²) in [6.45, 7) is 3.31. The summed E-state index contributed by atoms with van der Waals surface area (Å²) in [5.74, 6) is -0.675. The highest BCUT2D eigenvalue weighted by atomic mass is 35.5. The lowest BCUT2D eigenvalue weighted by Gasteiger charge is -2.33. The van der Waals surface area contributed by atoms with Gasteiger partial charge in [-0.05, 0) is 55.3 Å². The monoisotopic (exact) mass is 591 g/mol. The molecular weight excluding hydrogens is 561 g/mol. The van der Waals surface area contributed by atoms with Gasteiger partial charge in [0.25, 0.3) is 10.0 Å². The van der Waals surface area contributed by atoms with Crippen LogP contribution in [-0.2, 0) is 26.2 Å². The Hall–Kier alpha value is -3.27. The van der Waals surface area contributed by atoms with Crippen LogP contribution in [0.5, 0.6) is 5.75 Å². The topological polar surface area (TPSA) is 96.0 Å². The second kappa shape index (κ2) is 13.7. The number of nitrogens with zero attached hydrogens (tertiary/aromatic N) is 2. The molecule has 1 N–H and O–H groups in total. The first-order chi connectivity index (χ1) is 18.6. The number of sulfonamides is 1. The minimum Gasteiger partial charge on any atom is -0.495 e. The van der Waals surface area contributed by atoms with Gasteiger partial charge in [0, 0.05) is 23.1 Å². The molecule has 39 heavy (non-hydrogen) atoms. The van der Waals surface area contributed by atoms with Gasteiger partial charge in [0.1, 0.15) is 18.3 Å². The van der Waals surface area contributed by atoms with Crippen LogP contribution in [0, 0.1) is 0 Å². The van der Waals surface area contributed by atoms with Gasteiger partial charge in [-0.1, -0.05) is 66.5 Å². The number of hydrogen-bond donors (Lipinski definition) is 1. The summed E-state index contributed by atoms with van der Waals surface area (Å²) in [5, 5.41) is 3.51. The van der Waals surface area contributed by atoms with E-state index in [2.05, 4.69) is 5.32 Å². The van der Waals surface area contributed by atoms with E-state index in [0.717, 1.165) is 4.31 Å². The van der Waals surface area contributed by atoms with Crippen LogP contribution in [0.15, 0.2) is 77.7 Å². The first-order valence-electron chi connectivity index (χ1n) is 12.4. The zero-order valence-corrected chi connectivity index (χ0v) is 24.3. The third-order valence-corrected chi connectivity index (χ3v) is 8.42. The Kier molecular flexibility index (Phi) is 10.6. The van der Waals surface area contributed by atoms with Crippen molar-refractivity contribution in [3.8, 4) is 5.75 Å². The van der Waals surface area contributed by atoms with Crippen LogP contribution < -0.4 is 14.4 Å². The molecule has 3 aromatic rings. The van der Waals surface area contributed by atoms with Crippen molar-refractivity contribution in [3.05, 3.63) is 88.4 Å². The van der Waals surface area contributed by atoms with Crippen molar-refractivity contribution in [2.45, 2.75) is 37.8 Å². The summed E-state index contributed by atoms with van der Waals surface area (Å²) >= 11 is 12.5. The lowest BCUT2D eigenvalue weighted by molar-refractivity contribution is -0.140. The molecule has 8 nitrogen and oxygen atoms in total. The van der Waals surface area contributed by atoms with Gasteiger partial charge >= 0.3 is 0 Å². The maximum atomic E-state index is 14.0. The number of carbonyl (C=O) groups excluding carboxylic acids is 2. The highest BCUT2D eigenvalue weighted by Gasteiger charge is 2.34. The Morgan fingerprint density at radius 1 is 0.974 bits per heavy atom. The van der Waals surface area contributed by atoms with Gasteiger partial charge in [0.15, 0.2) is 0 Å². The first kappa shape index (κ1) is 30.3. The molecule has 208 valence electrons. The molecule has 0 radical (unpaired) electrons. The van der Waals surface area contributed by atoms with E-state index in [-0.39, 0.29) is 28.8 Å². The molecule has 0 aliphatic rings. The normalized spacial score (nSPS) is 11.9. The van der Waals surface area contributed by atoms with Crippen molar-refractivity contribution in [3.63, 3.8) is 0 Å². The van der Waals surface area contributed by atoms with E-state index in [0.29, 0.717) is 28.6 Å². The Bertz CT molecular complexity index is 1400. The molecule has 1 atom stereocenters. The van der Waals surface area contributed by atoms with E-state index < -0.39 is 28.5 Å². The fraction of sp³-hybridized carbons (Fsp3) is 0.286. The number of methoxy groups -OCH3 is 1. The predicted molar refractivity (Wildman–Crippen MR) is 154 cm³/mol. The van der Waals surface area contributed by atoms with Crippen molar-refractivity contribution >= 4 is 50.7 Å². The highest BCUT2D eigenvalue weighted by Crippen LogP contribution is 2.33. The number of rotatable bonds is 12. The highest BCUT2D eigenvalue weighted by molar-refractivity contribution is 7.92. The standard InChI is InChI=1S/C28H31Cl2N3O5S/c1-4-24(28(35)31-5-2)32(18-20-15-16-21(29)17-23(20)30)27(34)19-33(25-13-9-10-14-26(25)38-3)39(36,37)22-11-7-6-8-12-22/h6-17,24H,4-5,18-19H2,1-3H3,(H,31,35)/t24-/m0/s1. The van der Waals surface area contributed by atoms with E-state index in [4.69, 9.17) is 27.9 Å². The van der Waals surface area contributed by atoms with Gasteiger partial charge in [0.2, 0.25) is 11.8 Å². The minimum atomic E-state index is -4.20. The van der Waals surface area contributed by atoms with Crippen LogP contribution in [0.3, 0.4) is 0 Å².